The summed E-state index contributed by atoms with van der Waals surface area (Å²) in [5.41, 5.74) is -0.148. The van der Waals surface area contributed by atoms with E-state index in [2.05, 4.69) is 4.90 Å². The number of nitrogens with zero attached hydrogens (tertiary/aromatic N) is 4. The van der Waals surface area contributed by atoms with E-state index < -0.39 is 33.1 Å². The summed E-state index contributed by atoms with van der Waals surface area (Å²) in [5.74, 6) is -1.40. The molecule has 3 rings (SSSR count). The minimum Gasteiger partial charge on any atom is -0.481 e. The minimum atomic E-state index is -0.882. The van der Waals surface area contributed by atoms with Gasteiger partial charge in [0.1, 0.15) is 0 Å². The van der Waals surface area contributed by atoms with Crippen LogP contribution in [-0.2, 0) is 4.79 Å². The SMILES string of the molecule is O=C(O)CC[C@H](c1ccccc1)N1CCN(C(=O)c2cc([N+](=O)[O-])cc([N+](=O)[O-])c2)CC1. The Kier molecular flexibility index (Phi) is 7.11. The third kappa shape index (κ3) is 5.43. The second kappa shape index (κ2) is 9.96. The lowest BCUT2D eigenvalue weighted by Gasteiger charge is -2.39. The average Bonchev–Trinajstić information content (AvgIpc) is 2.79. The Morgan fingerprint density at radius 1 is 0.938 bits per heavy atom. The summed E-state index contributed by atoms with van der Waals surface area (Å²) >= 11 is 0. The summed E-state index contributed by atoms with van der Waals surface area (Å²) in [6.07, 6.45) is 0.431. The van der Waals surface area contributed by atoms with Gasteiger partial charge in [-0.3, -0.25) is 34.7 Å². The lowest BCUT2D eigenvalue weighted by atomic mass is 9.99. The molecule has 11 nitrogen and oxygen atoms in total. The molecule has 2 aromatic carbocycles. The van der Waals surface area contributed by atoms with Crippen molar-refractivity contribution >= 4 is 23.3 Å². The molecule has 168 valence electrons. The summed E-state index contributed by atoms with van der Waals surface area (Å²) in [7, 11) is 0. The van der Waals surface area contributed by atoms with E-state index in [-0.39, 0.29) is 18.0 Å². The van der Waals surface area contributed by atoms with Gasteiger partial charge in [0, 0.05) is 50.8 Å². The number of carboxylic acid groups (broad SMARTS) is 1. The Morgan fingerprint density at radius 3 is 2.00 bits per heavy atom. The van der Waals surface area contributed by atoms with E-state index in [9.17, 15) is 29.8 Å². The molecular formula is C21H22N4O7. The van der Waals surface area contributed by atoms with Gasteiger partial charge in [0.15, 0.2) is 0 Å². The molecule has 32 heavy (non-hydrogen) atoms. The number of carboxylic acids is 1. The van der Waals surface area contributed by atoms with Gasteiger partial charge in [0.25, 0.3) is 17.3 Å². The highest BCUT2D eigenvalue weighted by molar-refractivity contribution is 5.95. The van der Waals surface area contributed by atoms with Gasteiger partial charge in [-0.25, -0.2) is 0 Å². The van der Waals surface area contributed by atoms with Crippen LogP contribution in [0.2, 0.25) is 0 Å². The largest absolute Gasteiger partial charge is 0.481 e. The highest BCUT2D eigenvalue weighted by Crippen LogP contribution is 2.28. The van der Waals surface area contributed by atoms with Crippen LogP contribution in [0.25, 0.3) is 0 Å². The molecule has 2 aromatic rings. The molecule has 1 atom stereocenters. The van der Waals surface area contributed by atoms with Gasteiger partial charge in [-0.1, -0.05) is 30.3 Å². The van der Waals surface area contributed by atoms with Gasteiger partial charge in [0.2, 0.25) is 0 Å². The molecule has 1 fully saturated rings. The molecule has 0 unspecified atom stereocenters. The highest BCUT2D eigenvalue weighted by atomic mass is 16.6. The lowest BCUT2D eigenvalue weighted by molar-refractivity contribution is -0.394. The number of aliphatic carboxylic acids is 1. The Morgan fingerprint density at radius 2 is 1.50 bits per heavy atom. The zero-order valence-electron chi connectivity index (χ0n) is 17.1. The smallest absolute Gasteiger partial charge is 0.303 e. The van der Waals surface area contributed by atoms with E-state index in [4.69, 9.17) is 5.11 Å². The number of hydrogen-bond donors (Lipinski definition) is 1. The van der Waals surface area contributed by atoms with E-state index in [1.807, 2.05) is 30.3 Å². The summed E-state index contributed by atoms with van der Waals surface area (Å²) in [6.45, 7) is 1.57. The third-order valence-corrected chi connectivity index (χ3v) is 5.43. The molecule has 0 bridgehead atoms. The number of carbonyl (C=O) groups excluding carboxylic acids is 1. The van der Waals surface area contributed by atoms with Crippen molar-refractivity contribution in [2.75, 3.05) is 26.2 Å². The van der Waals surface area contributed by atoms with E-state index in [0.29, 0.717) is 32.6 Å². The Hall–Kier alpha value is -3.86. The predicted molar refractivity (Wildman–Crippen MR) is 113 cm³/mol. The van der Waals surface area contributed by atoms with Gasteiger partial charge < -0.3 is 10.0 Å². The van der Waals surface area contributed by atoms with Crippen LogP contribution >= 0.6 is 0 Å². The normalized spacial score (nSPS) is 15.2. The van der Waals surface area contributed by atoms with Gasteiger partial charge in [-0.15, -0.1) is 0 Å². The zero-order chi connectivity index (χ0) is 23.3. The second-order valence-electron chi connectivity index (χ2n) is 7.44. The second-order valence-corrected chi connectivity index (χ2v) is 7.44. The maximum absolute atomic E-state index is 12.9. The van der Waals surface area contributed by atoms with Crippen molar-refractivity contribution in [2.24, 2.45) is 0 Å². The Labute approximate surface area is 183 Å². The van der Waals surface area contributed by atoms with Crippen LogP contribution < -0.4 is 0 Å². The number of benzene rings is 2. The molecule has 1 amide bonds. The van der Waals surface area contributed by atoms with E-state index >= 15 is 0 Å². The van der Waals surface area contributed by atoms with Crippen molar-refractivity contribution in [1.82, 2.24) is 9.80 Å². The molecule has 1 heterocycles. The number of nitro benzene ring substituents is 2. The Bertz CT molecular complexity index is 988. The third-order valence-electron chi connectivity index (χ3n) is 5.43. The van der Waals surface area contributed by atoms with Gasteiger partial charge in [0.05, 0.1) is 21.5 Å². The van der Waals surface area contributed by atoms with Gasteiger partial charge >= 0.3 is 5.97 Å². The molecule has 1 saturated heterocycles. The fourth-order valence-corrected chi connectivity index (χ4v) is 3.84. The molecule has 11 heteroatoms. The summed E-state index contributed by atoms with van der Waals surface area (Å²) in [5, 5.41) is 31.3. The molecule has 1 N–H and O–H groups in total. The minimum absolute atomic E-state index is 0.00998. The number of piperazine rings is 1. The van der Waals surface area contributed by atoms with Crippen LogP contribution in [0, 0.1) is 20.2 Å². The first-order valence-corrected chi connectivity index (χ1v) is 10.00. The molecule has 1 aliphatic rings. The van der Waals surface area contributed by atoms with Crippen molar-refractivity contribution in [2.45, 2.75) is 18.9 Å². The average molecular weight is 442 g/mol. The molecule has 1 aliphatic heterocycles. The van der Waals surface area contributed by atoms with Crippen LogP contribution in [0.4, 0.5) is 11.4 Å². The predicted octanol–water partition coefficient (Wildman–Crippen LogP) is 2.87. The molecule has 0 aliphatic carbocycles. The number of carbonyl (C=O) groups is 2. The lowest BCUT2D eigenvalue weighted by Crippen LogP contribution is -2.49. The Balaban J connectivity index is 1.74. The fourth-order valence-electron chi connectivity index (χ4n) is 3.84. The fraction of sp³-hybridized carbons (Fsp3) is 0.333. The number of nitro groups is 2. The van der Waals surface area contributed by atoms with Crippen molar-refractivity contribution in [3.05, 3.63) is 79.9 Å². The van der Waals surface area contributed by atoms with Gasteiger partial charge in [-0.05, 0) is 12.0 Å². The maximum Gasteiger partial charge on any atom is 0.303 e. The number of hydrogen-bond acceptors (Lipinski definition) is 7. The van der Waals surface area contributed by atoms with Crippen LogP contribution in [0.1, 0.15) is 34.8 Å². The number of non-ortho nitro benzene ring substituents is 2. The first kappa shape index (κ1) is 22.8. The van der Waals surface area contributed by atoms with Crippen molar-refractivity contribution in [3.63, 3.8) is 0 Å². The van der Waals surface area contributed by atoms with Crippen molar-refractivity contribution in [3.8, 4) is 0 Å². The maximum atomic E-state index is 12.9. The number of rotatable bonds is 8. The van der Waals surface area contributed by atoms with Crippen LogP contribution in [0.15, 0.2) is 48.5 Å². The first-order chi connectivity index (χ1) is 15.3. The zero-order valence-corrected chi connectivity index (χ0v) is 17.1. The quantitative estimate of drug-likeness (QED) is 0.485. The molecule has 0 aromatic heterocycles. The standard InChI is InChI=1S/C21H22N4O7/c26-20(27)7-6-19(15-4-2-1-3-5-15)22-8-10-23(11-9-22)21(28)16-12-17(24(29)30)14-18(13-16)25(31)32/h1-5,12-14,19H,6-11H2,(H,26,27)/t19-/m1/s1. The highest BCUT2D eigenvalue weighted by Gasteiger charge is 2.29. The summed E-state index contributed by atoms with van der Waals surface area (Å²) < 4.78 is 0. The van der Waals surface area contributed by atoms with Crippen molar-refractivity contribution in [1.29, 1.82) is 0 Å². The van der Waals surface area contributed by atoms with E-state index in [1.165, 1.54) is 4.90 Å². The molecule has 0 spiro atoms. The van der Waals surface area contributed by atoms with Crippen LogP contribution in [0.3, 0.4) is 0 Å². The molecular weight excluding hydrogens is 420 g/mol. The van der Waals surface area contributed by atoms with Crippen LogP contribution in [-0.4, -0.2) is 62.8 Å². The van der Waals surface area contributed by atoms with Crippen LogP contribution in [0.5, 0.6) is 0 Å². The number of amides is 1. The van der Waals surface area contributed by atoms with E-state index in [0.717, 1.165) is 23.8 Å². The monoisotopic (exact) mass is 442 g/mol. The molecule has 0 saturated carbocycles. The van der Waals surface area contributed by atoms with Gasteiger partial charge in [-0.2, -0.15) is 0 Å². The topological polar surface area (TPSA) is 147 Å². The summed E-state index contributed by atoms with van der Waals surface area (Å²) in [4.78, 5) is 48.3. The summed E-state index contributed by atoms with van der Waals surface area (Å²) in [6, 6.07) is 12.3. The molecule has 0 radical (unpaired) electrons. The van der Waals surface area contributed by atoms with Crippen molar-refractivity contribution < 1.29 is 24.5 Å². The first-order valence-electron chi connectivity index (χ1n) is 10.00. The van der Waals surface area contributed by atoms with E-state index in [1.54, 1.807) is 0 Å².